The van der Waals surface area contributed by atoms with E-state index in [1.807, 2.05) is 18.2 Å². The van der Waals surface area contributed by atoms with Crippen molar-refractivity contribution in [2.75, 3.05) is 25.5 Å². The van der Waals surface area contributed by atoms with Crippen LogP contribution in [0.15, 0.2) is 23.7 Å². The van der Waals surface area contributed by atoms with Gasteiger partial charge in [-0.05, 0) is 31.0 Å². The Bertz CT molecular complexity index is 815. The Labute approximate surface area is 157 Å². The molecule has 1 saturated carbocycles. The first-order valence-corrected chi connectivity index (χ1v) is 10.1. The van der Waals surface area contributed by atoms with Crippen molar-refractivity contribution in [3.8, 4) is 0 Å². The maximum absolute atomic E-state index is 12.5. The fourth-order valence-electron chi connectivity index (χ4n) is 4.12. The van der Waals surface area contributed by atoms with Gasteiger partial charge >= 0.3 is 6.03 Å². The van der Waals surface area contributed by atoms with E-state index in [9.17, 15) is 9.59 Å². The Hall–Kier alpha value is -2.15. The number of carbonyl (C=O) groups is 2. The van der Waals surface area contributed by atoms with E-state index in [1.165, 1.54) is 12.8 Å². The first-order chi connectivity index (χ1) is 12.6. The predicted octanol–water partition coefficient (Wildman–Crippen LogP) is 3.55. The number of amides is 3. The molecule has 1 N–H and O–H groups in total. The largest absolute Gasteiger partial charge is 0.339 e. The van der Waals surface area contributed by atoms with Gasteiger partial charge in [0.15, 0.2) is 0 Å². The number of benzene rings is 1. The van der Waals surface area contributed by atoms with E-state index in [-0.39, 0.29) is 17.9 Å². The van der Waals surface area contributed by atoms with Crippen LogP contribution in [0.4, 0.5) is 10.5 Å². The molecule has 3 amide bonds. The van der Waals surface area contributed by atoms with Crippen LogP contribution in [0.1, 0.15) is 32.1 Å². The lowest BCUT2D eigenvalue weighted by Gasteiger charge is -2.25. The second-order valence-electron chi connectivity index (χ2n) is 7.40. The zero-order valence-corrected chi connectivity index (χ0v) is 15.8. The highest BCUT2D eigenvalue weighted by Gasteiger charge is 2.36. The quantitative estimate of drug-likeness (QED) is 0.892. The van der Waals surface area contributed by atoms with Crippen LogP contribution in [-0.2, 0) is 4.79 Å². The number of rotatable bonds is 4. The zero-order valence-electron chi connectivity index (χ0n) is 15.0. The minimum absolute atomic E-state index is 0.138. The Morgan fingerprint density at radius 3 is 3.00 bits per heavy atom. The van der Waals surface area contributed by atoms with E-state index in [0.717, 1.165) is 35.3 Å². The van der Waals surface area contributed by atoms with Gasteiger partial charge in [0.1, 0.15) is 0 Å². The maximum Gasteiger partial charge on any atom is 0.321 e. The van der Waals surface area contributed by atoms with Crippen molar-refractivity contribution in [2.24, 2.45) is 5.92 Å². The Kier molecular flexibility index (Phi) is 4.80. The monoisotopic (exact) mass is 372 g/mol. The molecule has 1 aliphatic carbocycles. The summed E-state index contributed by atoms with van der Waals surface area (Å²) >= 11 is 1.56. The minimum Gasteiger partial charge on any atom is -0.339 e. The number of nitrogens with zero attached hydrogens (tertiary/aromatic N) is 3. The fraction of sp³-hybridized carbons (Fsp3) is 0.526. The van der Waals surface area contributed by atoms with Gasteiger partial charge in [-0.1, -0.05) is 12.8 Å². The molecule has 2 heterocycles. The standard InChI is InChI=1S/C19H24N4O2S/c1-22(10-13-8-18(24)23(11-13)15-4-2-3-5-15)19(25)21-14-6-7-16-17(9-14)26-12-20-16/h6-7,9,12-13,15H,2-5,8,10-11H2,1H3,(H,21,25)/t13-/m0/s1. The lowest BCUT2D eigenvalue weighted by Crippen LogP contribution is -2.37. The zero-order chi connectivity index (χ0) is 18.1. The van der Waals surface area contributed by atoms with Crippen molar-refractivity contribution in [1.29, 1.82) is 0 Å². The fourth-order valence-corrected chi connectivity index (χ4v) is 4.84. The van der Waals surface area contributed by atoms with Gasteiger partial charge in [0.25, 0.3) is 0 Å². The molecule has 1 aromatic carbocycles. The van der Waals surface area contributed by atoms with Crippen molar-refractivity contribution in [1.82, 2.24) is 14.8 Å². The Morgan fingerprint density at radius 2 is 2.19 bits per heavy atom. The number of nitrogens with one attached hydrogen (secondary N) is 1. The Balaban J connectivity index is 1.33. The first kappa shape index (κ1) is 17.3. The number of carbonyl (C=O) groups excluding carboxylic acids is 2. The summed E-state index contributed by atoms with van der Waals surface area (Å²) in [6, 6.07) is 6.02. The van der Waals surface area contributed by atoms with Crippen molar-refractivity contribution in [3.05, 3.63) is 23.7 Å². The third-order valence-electron chi connectivity index (χ3n) is 5.47. The molecule has 2 fully saturated rings. The molecule has 0 spiro atoms. The molecule has 26 heavy (non-hydrogen) atoms. The van der Waals surface area contributed by atoms with E-state index in [1.54, 1.807) is 28.8 Å². The van der Waals surface area contributed by atoms with E-state index < -0.39 is 0 Å². The molecule has 138 valence electrons. The van der Waals surface area contributed by atoms with Crippen molar-refractivity contribution < 1.29 is 9.59 Å². The van der Waals surface area contributed by atoms with Crippen molar-refractivity contribution in [2.45, 2.75) is 38.1 Å². The number of anilines is 1. The molecule has 7 heteroatoms. The van der Waals surface area contributed by atoms with Gasteiger partial charge in [0.05, 0.1) is 15.7 Å². The van der Waals surface area contributed by atoms with E-state index in [4.69, 9.17) is 0 Å². The van der Waals surface area contributed by atoms with Crippen LogP contribution in [0.3, 0.4) is 0 Å². The van der Waals surface area contributed by atoms with Crippen molar-refractivity contribution >= 4 is 39.2 Å². The summed E-state index contributed by atoms with van der Waals surface area (Å²) in [6.07, 6.45) is 5.28. The van der Waals surface area contributed by atoms with Crippen LogP contribution in [0.2, 0.25) is 0 Å². The molecule has 0 radical (unpaired) electrons. The van der Waals surface area contributed by atoms with Crippen LogP contribution >= 0.6 is 11.3 Å². The molecule has 4 rings (SSSR count). The summed E-state index contributed by atoms with van der Waals surface area (Å²) in [4.78, 5) is 32.8. The number of urea groups is 1. The average molecular weight is 372 g/mol. The van der Waals surface area contributed by atoms with Gasteiger partial charge in [-0.15, -0.1) is 11.3 Å². The second kappa shape index (κ2) is 7.23. The number of thiazole rings is 1. The summed E-state index contributed by atoms with van der Waals surface area (Å²) in [6.45, 7) is 1.39. The summed E-state index contributed by atoms with van der Waals surface area (Å²) in [5.41, 5.74) is 3.52. The smallest absolute Gasteiger partial charge is 0.321 e. The number of likely N-dealkylation sites (tertiary alicyclic amines) is 1. The van der Waals surface area contributed by atoms with Crippen LogP contribution in [0, 0.1) is 5.92 Å². The molecule has 1 aromatic heterocycles. The molecule has 1 atom stereocenters. The molecule has 2 aromatic rings. The number of fused-ring (bicyclic) bond motifs is 1. The van der Waals surface area contributed by atoms with Crippen LogP contribution in [-0.4, -0.2) is 52.9 Å². The maximum atomic E-state index is 12.5. The third kappa shape index (κ3) is 3.53. The Morgan fingerprint density at radius 1 is 1.38 bits per heavy atom. The van der Waals surface area contributed by atoms with Crippen LogP contribution in [0.5, 0.6) is 0 Å². The first-order valence-electron chi connectivity index (χ1n) is 9.25. The lowest BCUT2D eigenvalue weighted by atomic mass is 10.1. The summed E-state index contributed by atoms with van der Waals surface area (Å²) in [7, 11) is 1.79. The molecule has 1 aliphatic heterocycles. The minimum atomic E-state index is -0.138. The number of aromatic nitrogens is 1. The molecular weight excluding hydrogens is 348 g/mol. The summed E-state index contributed by atoms with van der Waals surface area (Å²) in [5.74, 6) is 0.481. The molecule has 0 bridgehead atoms. The summed E-state index contributed by atoms with van der Waals surface area (Å²) in [5, 5.41) is 2.94. The van der Waals surface area contributed by atoms with Gasteiger partial charge in [-0.3, -0.25) is 4.79 Å². The molecule has 2 aliphatic rings. The van der Waals surface area contributed by atoms with Gasteiger partial charge in [-0.2, -0.15) is 0 Å². The molecule has 0 unspecified atom stereocenters. The molecule has 6 nitrogen and oxygen atoms in total. The van der Waals surface area contributed by atoms with Gasteiger partial charge in [-0.25, -0.2) is 9.78 Å². The second-order valence-corrected chi connectivity index (χ2v) is 8.29. The van der Waals surface area contributed by atoms with Crippen LogP contribution in [0.25, 0.3) is 10.2 Å². The van der Waals surface area contributed by atoms with Gasteiger partial charge in [0.2, 0.25) is 5.91 Å². The lowest BCUT2D eigenvalue weighted by molar-refractivity contribution is -0.129. The van der Waals surface area contributed by atoms with E-state index in [2.05, 4.69) is 15.2 Å². The molecule has 1 saturated heterocycles. The number of hydrogen-bond donors (Lipinski definition) is 1. The van der Waals surface area contributed by atoms with Gasteiger partial charge in [0, 0.05) is 44.2 Å². The average Bonchev–Trinajstić information content (AvgIpc) is 3.34. The highest BCUT2D eigenvalue weighted by molar-refractivity contribution is 7.16. The topological polar surface area (TPSA) is 65.5 Å². The van der Waals surface area contributed by atoms with Crippen molar-refractivity contribution in [3.63, 3.8) is 0 Å². The van der Waals surface area contributed by atoms with E-state index >= 15 is 0 Å². The van der Waals surface area contributed by atoms with Gasteiger partial charge < -0.3 is 15.1 Å². The van der Waals surface area contributed by atoms with Crippen LogP contribution < -0.4 is 5.32 Å². The SMILES string of the molecule is CN(C[C@@H]1CC(=O)N(C2CCCC2)C1)C(=O)Nc1ccc2ncsc2c1. The number of hydrogen-bond acceptors (Lipinski definition) is 4. The third-order valence-corrected chi connectivity index (χ3v) is 6.26. The normalized spacial score (nSPS) is 20.9. The summed E-state index contributed by atoms with van der Waals surface area (Å²) < 4.78 is 1.05. The highest BCUT2D eigenvalue weighted by Crippen LogP contribution is 2.29. The highest BCUT2D eigenvalue weighted by atomic mass is 32.1. The molecular formula is C19H24N4O2S. The predicted molar refractivity (Wildman–Crippen MR) is 103 cm³/mol. The van der Waals surface area contributed by atoms with E-state index in [0.29, 0.717) is 19.0 Å².